The van der Waals surface area contributed by atoms with Crippen molar-refractivity contribution in [1.82, 2.24) is 0 Å². The molecule has 23 rings (SSSR count). The normalized spacial score (nSPS) is 13.9. The Morgan fingerprint density at radius 1 is 0.240 bits per heavy atom. The minimum absolute atomic E-state index is 0.605. The second kappa shape index (κ2) is 23.2. The van der Waals surface area contributed by atoms with Crippen molar-refractivity contribution in [3.63, 3.8) is 0 Å². The number of rotatable bonds is 4. The summed E-state index contributed by atoms with van der Waals surface area (Å²) in [7, 11) is 0. The van der Waals surface area contributed by atoms with Crippen molar-refractivity contribution in [2.75, 3.05) is 19.6 Å². The van der Waals surface area contributed by atoms with Gasteiger partial charge in [-0.1, -0.05) is 0 Å². The van der Waals surface area contributed by atoms with Crippen LogP contribution in [0, 0.1) is 12.1 Å². The fourth-order valence-electron chi connectivity index (χ4n) is 14.6. The monoisotopic (exact) mass is 1410 g/mol. The molecule has 0 radical (unpaired) electrons. The van der Waals surface area contributed by atoms with E-state index >= 15 is 0 Å². The molecule has 96 heavy (non-hydrogen) atoms. The fourth-order valence-corrected chi connectivity index (χ4v) is 18.2. The van der Waals surface area contributed by atoms with E-state index in [1.54, 1.807) is 0 Å². The molecule has 0 unspecified atom stereocenters. The zero-order chi connectivity index (χ0) is 63.2. The summed E-state index contributed by atoms with van der Waals surface area (Å²) < 4.78 is 9.29. The number of hydrogen-bond donors (Lipinski definition) is 0. The minimum atomic E-state index is -1.46. The molecule has 0 N–H and O–H groups in total. The van der Waals surface area contributed by atoms with Crippen LogP contribution in [-0.4, -0.2) is 8.29 Å². The first-order valence-electron chi connectivity index (χ1n) is 33.0. The van der Waals surface area contributed by atoms with Crippen molar-refractivity contribution in [3.05, 3.63) is 350 Å². The van der Waals surface area contributed by atoms with Crippen molar-refractivity contribution in [2.24, 2.45) is 0 Å². The van der Waals surface area contributed by atoms with Crippen molar-refractivity contribution in [2.45, 2.75) is 25.7 Å². The maximum absolute atomic E-state index is 7.05. The van der Waals surface area contributed by atoms with Gasteiger partial charge >= 0.3 is 572 Å². The molecule has 0 fully saturated rings. The van der Waals surface area contributed by atoms with Crippen LogP contribution < -0.4 is 24.3 Å². The standard InChI is InChI=1S/C90H60N4O.Pt/c1-5-15-65(16-6-1)73-47-49-85-87(55-73)93-59-91(85)77-23-13-25-79(57-77)95-80-26-14-24-78(58-80)92-60-94(88-56-74(48-50-86(88)92)66-17-7-2-8-18-66)90-83-53-76(68-21-11-4-12-22-68)54-84(90)72-45-37-64(38-46-72)30-28-62-33-41-70(42-34-62)82-52-75(67-19-9-3-10-20-67)51-81(89(82)93)69-39-31-61(32-40-69)27-29-63-35-43-71(83)44-36-63;/h1-26,31-56H,27-30H2;/q-2;. The molecule has 6 heteroatoms. The van der Waals surface area contributed by atoms with Crippen LogP contribution in [-0.2, 0) is 43.3 Å². The molecule has 16 bridgehead atoms. The van der Waals surface area contributed by atoms with Gasteiger partial charge in [0.2, 0.25) is 0 Å². The van der Waals surface area contributed by atoms with Crippen LogP contribution in [0.15, 0.2) is 315 Å². The van der Waals surface area contributed by atoms with Crippen LogP contribution in [0.3, 0.4) is 0 Å². The Hall–Kier alpha value is -11.5. The quantitative estimate of drug-likeness (QED) is 0.163. The first-order valence-corrected chi connectivity index (χ1v) is 35.3. The SMILES string of the molecule is [c-]1c2cccc1N1[C]3=[Pt]=[C]4N(c5[c-]c(ccc5)O2)c2ccc(-c5ccccc5)cc2N4c2c4cc(-c5ccccc5)cc2-c2ccc(cc2)CCc2ccc(cc2)-c2cc(-c5ccccc5)cc(c2N3c2cc(-c3ccccc3)ccc21)-c1ccc(cc1)CCc1ccc-4cc1. The zero-order valence-electron chi connectivity index (χ0n) is 52.4. The molecule has 0 saturated carbocycles. The van der Waals surface area contributed by atoms with Gasteiger partial charge in [-0.15, -0.1) is 0 Å². The van der Waals surface area contributed by atoms with Crippen LogP contribution in [0.25, 0.3) is 89.0 Å². The van der Waals surface area contributed by atoms with E-state index in [9.17, 15) is 0 Å². The van der Waals surface area contributed by atoms with Crippen molar-refractivity contribution in [1.29, 1.82) is 0 Å². The molecular formula is C90H60N4OPt-2. The Bertz CT molecular complexity index is 4980. The molecular weight excluding hydrogens is 1350 g/mol. The van der Waals surface area contributed by atoms with E-state index in [1.807, 2.05) is 12.1 Å². The van der Waals surface area contributed by atoms with Gasteiger partial charge in [-0.25, -0.2) is 0 Å². The molecule has 0 spiro atoms. The van der Waals surface area contributed by atoms with Gasteiger partial charge in [0.25, 0.3) is 0 Å². The Kier molecular flexibility index (Phi) is 13.6. The van der Waals surface area contributed by atoms with E-state index in [4.69, 9.17) is 4.74 Å². The van der Waals surface area contributed by atoms with Crippen LogP contribution in [0.4, 0.5) is 45.5 Å². The zero-order valence-corrected chi connectivity index (χ0v) is 54.6. The Labute approximate surface area is 567 Å². The molecule has 14 aromatic rings. The number of fused-ring (bicyclic) bond motifs is 14. The molecule has 9 heterocycles. The molecule has 14 aromatic carbocycles. The summed E-state index contributed by atoms with van der Waals surface area (Å²) in [4.78, 5) is 10.4. The van der Waals surface area contributed by atoms with Gasteiger partial charge in [0, 0.05) is 0 Å². The summed E-state index contributed by atoms with van der Waals surface area (Å²) in [5.74, 6) is 1.21. The van der Waals surface area contributed by atoms with Gasteiger partial charge in [-0.2, -0.15) is 0 Å². The van der Waals surface area contributed by atoms with Gasteiger partial charge in [0.15, 0.2) is 0 Å². The van der Waals surface area contributed by atoms with E-state index in [0.29, 0.717) is 11.5 Å². The van der Waals surface area contributed by atoms with Crippen LogP contribution in [0.5, 0.6) is 11.5 Å². The maximum atomic E-state index is 7.05. The average molecular weight is 1410 g/mol. The molecule has 0 amide bonds. The number of anilines is 8. The summed E-state index contributed by atoms with van der Waals surface area (Å²) in [6.45, 7) is 0. The van der Waals surface area contributed by atoms with Gasteiger partial charge < -0.3 is 0 Å². The van der Waals surface area contributed by atoms with Gasteiger partial charge in [0.1, 0.15) is 0 Å². The average Bonchev–Trinajstić information content (AvgIpc) is 1.55. The first-order chi connectivity index (χ1) is 47.5. The van der Waals surface area contributed by atoms with E-state index in [-0.39, 0.29) is 0 Å². The number of ether oxygens (including phenoxy) is 1. The Morgan fingerprint density at radius 2 is 0.542 bits per heavy atom. The van der Waals surface area contributed by atoms with Crippen molar-refractivity contribution in [3.8, 4) is 101 Å². The molecule has 0 aliphatic carbocycles. The van der Waals surface area contributed by atoms with Gasteiger partial charge in [0.05, 0.1) is 0 Å². The van der Waals surface area contributed by atoms with Gasteiger partial charge in [-0.3, -0.25) is 0 Å². The predicted molar refractivity (Wildman–Crippen MR) is 393 cm³/mol. The summed E-state index contributed by atoms with van der Waals surface area (Å²) in [6.07, 6.45) is 3.56. The van der Waals surface area contributed by atoms with Crippen LogP contribution in [0.2, 0.25) is 0 Å². The second-order valence-electron chi connectivity index (χ2n) is 25.3. The second-order valence-corrected chi connectivity index (χ2v) is 27.9. The fraction of sp³-hybridized carbons (Fsp3) is 0.0444. The molecule has 0 atom stereocenters. The van der Waals surface area contributed by atoms with Crippen LogP contribution in [0.1, 0.15) is 22.3 Å². The predicted octanol–water partition coefficient (Wildman–Crippen LogP) is 22.5. The molecule has 9 aliphatic rings. The van der Waals surface area contributed by atoms with Crippen LogP contribution >= 0.6 is 0 Å². The molecule has 458 valence electrons. The van der Waals surface area contributed by atoms with E-state index in [2.05, 4.69) is 335 Å². The third-order valence-corrected chi connectivity index (χ3v) is 22.6. The number of nitrogens with zero attached hydrogens (tertiary/aromatic N) is 4. The topological polar surface area (TPSA) is 22.2 Å². The molecule has 0 saturated heterocycles. The molecule has 0 aromatic heterocycles. The van der Waals surface area contributed by atoms with E-state index < -0.39 is 17.6 Å². The molecule has 9 aliphatic heterocycles. The number of hydrogen-bond acceptors (Lipinski definition) is 5. The van der Waals surface area contributed by atoms with Crippen molar-refractivity contribution < 1.29 is 22.4 Å². The van der Waals surface area contributed by atoms with E-state index in [0.717, 1.165) is 168 Å². The molecule has 5 nitrogen and oxygen atoms in total. The summed E-state index contributed by atoms with van der Waals surface area (Å²) in [5.41, 5.74) is 31.6. The third-order valence-electron chi connectivity index (χ3n) is 19.5. The van der Waals surface area contributed by atoms with Gasteiger partial charge in [-0.05, 0) is 0 Å². The Balaban J connectivity index is 1.05. The van der Waals surface area contributed by atoms with Crippen molar-refractivity contribution >= 4 is 53.8 Å². The summed E-state index contributed by atoms with van der Waals surface area (Å²) in [6, 6.07) is 126. The first kappa shape index (κ1) is 56.1. The summed E-state index contributed by atoms with van der Waals surface area (Å²) >= 11 is -1.46. The van der Waals surface area contributed by atoms with E-state index in [1.165, 1.54) is 22.3 Å². The Morgan fingerprint density at radius 3 is 0.865 bits per heavy atom. The summed E-state index contributed by atoms with van der Waals surface area (Å²) in [5, 5.41) is 0. The third kappa shape index (κ3) is 9.80. The number of aryl methyl sites for hydroxylation is 4. The number of benzene rings is 14.